The Balaban J connectivity index is 2.25. The van der Waals surface area contributed by atoms with Gasteiger partial charge in [0.15, 0.2) is 0 Å². The predicted molar refractivity (Wildman–Crippen MR) is 55.8 cm³/mol. The molecular weight excluding hydrogens is 307 g/mol. The van der Waals surface area contributed by atoms with E-state index in [2.05, 4.69) is 27.9 Å². The number of hydrogen-bond acceptors (Lipinski definition) is 3. The number of hydrogen-bond donors (Lipinski definition) is 1. The van der Waals surface area contributed by atoms with E-state index in [1.54, 1.807) is 0 Å². The van der Waals surface area contributed by atoms with Crippen LogP contribution < -0.4 is 5.32 Å². The summed E-state index contributed by atoms with van der Waals surface area (Å²) in [6, 6.07) is -0.834. The highest BCUT2D eigenvalue weighted by atomic mass is 127. The van der Waals surface area contributed by atoms with Crippen LogP contribution in [0.1, 0.15) is 12.8 Å². The number of halogens is 3. The van der Waals surface area contributed by atoms with Gasteiger partial charge in [-0.3, -0.25) is 10.1 Å². The van der Waals surface area contributed by atoms with Gasteiger partial charge in [-0.25, -0.2) is 8.78 Å². The van der Waals surface area contributed by atoms with Crippen LogP contribution in [0, 0.1) is 0 Å². The average molecular weight is 319 g/mol. The van der Waals surface area contributed by atoms with Crippen LogP contribution in [-0.4, -0.2) is 35.5 Å². The predicted octanol–water partition coefficient (Wildman–Crippen LogP) is 1.35. The lowest BCUT2D eigenvalue weighted by Crippen LogP contribution is -2.32. The molecule has 1 heterocycles. The first kappa shape index (κ1) is 12.1. The van der Waals surface area contributed by atoms with Crippen LogP contribution in [0.5, 0.6) is 0 Å². The van der Waals surface area contributed by atoms with E-state index in [9.17, 15) is 13.6 Å². The molecule has 3 nitrogen and oxygen atoms in total. The van der Waals surface area contributed by atoms with E-state index in [-0.39, 0.29) is 0 Å². The largest absolute Gasteiger partial charge is 0.464 e. The van der Waals surface area contributed by atoms with Crippen LogP contribution in [0.3, 0.4) is 0 Å². The summed E-state index contributed by atoms with van der Waals surface area (Å²) in [6.45, 7) is -0.120. The number of carbonyl (C=O) groups is 1. The molecule has 0 spiro atoms. The monoisotopic (exact) mass is 319 g/mol. The van der Waals surface area contributed by atoms with Gasteiger partial charge in [0.2, 0.25) is 0 Å². The zero-order valence-corrected chi connectivity index (χ0v) is 9.72. The summed E-state index contributed by atoms with van der Waals surface area (Å²) in [4.78, 5) is 11.2. The lowest BCUT2D eigenvalue weighted by molar-refractivity contribution is -0.146. The topological polar surface area (TPSA) is 38.3 Å². The van der Waals surface area contributed by atoms with E-state index >= 15 is 0 Å². The van der Waals surface area contributed by atoms with E-state index < -0.39 is 30.9 Å². The maximum Gasteiger partial charge on any atom is 0.323 e. The highest BCUT2D eigenvalue weighted by molar-refractivity contribution is 14.1. The zero-order valence-electron chi connectivity index (χ0n) is 7.56. The summed E-state index contributed by atoms with van der Waals surface area (Å²) < 4.78 is 31.1. The lowest BCUT2D eigenvalue weighted by Gasteiger charge is -2.09. The maximum absolute atomic E-state index is 12.7. The quantitative estimate of drug-likeness (QED) is 0.368. The molecule has 0 aromatic rings. The number of nitrogens with one attached hydrogen (secondary N) is 1. The van der Waals surface area contributed by atoms with Crippen molar-refractivity contribution in [3.8, 4) is 0 Å². The van der Waals surface area contributed by atoms with Gasteiger partial charge in [-0.05, 0) is 6.42 Å². The van der Waals surface area contributed by atoms with Crippen molar-refractivity contribution < 1.29 is 18.3 Å². The van der Waals surface area contributed by atoms with Crippen LogP contribution >= 0.6 is 22.6 Å². The van der Waals surface area contributed by atoms with Crippen LogP contribution in [0.2, 0.25) is 0 Å². The van der Waals surface area contributed by atoms with Gasteiger partial charge in [0.1, 0.15) is 6.04 Å². The number of alkyl halides is 3. The third-order valence-corrected chi connectivity index (χ3v) is 2.68. The van der Waals surface area contributed by atoms with Crippen molar-refractivity contribution in [2.24, 2.45) is 0 Å². The Hall–Kier alpha value is 0.0200. The minimum absolute atomic E-state index is 0.311. The van der Waals surface area contributed by atoms with Crippen molar-refractivity contribution in [3.05, 3.63) is 0 Å². The lowest BCUT2D eigenvalue weighted by atomic mass is 10.2. The van der Waals surface area contributed by atoms with Gasteiger partial charge >= 0.3 is 5.97 Å². The molecule has 1 unspecified atom stereocenters. The van der Waals surface area contributed by atoms with Gasteiger partial charge < -0.3 is 4.74 Å². The summed E-state index contributed by atoms with van der Waals surface area (Å²) in [5, 5.41) is 2.45. The first-order chi connectivity index (χ1) is 6.55. The molecule has 1 aliphatic heterocycles. The van der Waals surface area contributed by atoms with E-state index in [0.717, 1.165) is 10.8 Å². The minimum atomic E-state index is -2.77. The second kappa shape index (κ2) is 5.20. The van der Waals surface area contributed by atoms with Gasteiger partial charge in [-0.15, -0.1) is 0 Å². The average Bonchev–Trinajstić information content (AvgIpc) is 2.46. The van der Waals surface area contributed by atoms with Gasteiger partial charge in [-0.1, -0.05) is 22.6 Å². The summed E-state index contributed by atoms with van der Waals surface area (Å²) in [7, 11) is 0. The molecule has 0 saturated carbocycles. The van der Waals surface area contributed by atoms with Crippen LogP contribution in [0.4, 0.5) is 8.78 Å². The maximum atomic E-state index is 12.7. The molecule has 0 aromatic carbocycles. The SMILES string of the molecule is O=C(OCCCI)C1CC(F)(F)CN1. The molecule has 1 aliphatic rings. The van der Waals surface area contributed by atoms with E-state index in [4.69, 9.17) is 4.74 Å². The molecule has 14 heavy (non-hydrogen) atoms. The molecule has 1 saturated heterocycles. The Morgan fingerprint density at radius 1 is 1.64 bits per heavy atom. The fourth-order valence-corrected chi connectivity index (χ4v) is 1.52. The normalized spacial score (nSPS) is 24.9. The second-order valence-electron chi connectivity index (χ2n) is 3.20. The fourth-order valence-electron chi connectivity index (χ4n) is 1.21. The third-order valence-electron chi connectivity index (χ3n) is 1.92. The number of ether oxygens (including phenoxy) is 1. The minimum Gasteiger partial charge on any atom is -0.464 e. The molecule has 1 rings (SSSR count). The molecule has 6 heteroatoms. The van der Waals surface area contributed by atoms with Gasteiger partial charge in [-0.2, -0.15) is 0 Å². The Morgan fingerprint density at radius 2 is 2.36 bits per heavy atom. The Kier molecular flexibility index (Phi) is 4.49. The second-order valence-corrected chi connectivity index (χ2v) is 4.28. The van der Waals surface area contributed by atoms with Gasteiger partial charge in [0, 0.05) is 10.8 Å². The highest BCUT2D eigenvalue weighted by Crippen LogP contribution is 2.25. The van der Waals surface area contributed by atoms with E-state index in [0.29, 0.717) is 6.61 Å². The highest BCUT2D eigenvalue weighted by Gasteiger charge is 2.42. The van der Waals surface area contributed by atoms with Gasteiger partial charge in [0.25, 0.3) is 5.92 Å². The number of esters is 1. The fraction of sp³-hybridized carbons (Fsp3) is 0.875. The molecule has 0 radical (unpaired) electrons. The van der Waals surface area contributed by atoms with Crippen molar-refractivity contribution >= 4 is 28.6 Å². The standard InChI is InChI=1S/C8H12F2INO2/c9-8(10)4-6(12-5-8)7(13)14-3-1-2-11/h6,12H,1-5H2. The molecule has 82 valence electrons. The molecule has 1 atom stereocenters. The van der Waals surface area contributed by atoms with Crippen molar-refractivity contribution in [1.82, 2.24) is 5.32 Å². The van der Waals surface area contributed by atoms with E-state index in [1.165, 1.54) is 0 Å². The number of rotatable bonds is 4. The number of carbonyl (C=O) groups excluding carboxylic acids is 1. The van der Waals surface area contributed by atoms with Crippen molar-refractivity contribution in [2.75, 3.05) is 17.6 Å². The molecule has 1 N–H and O–H groups in total. The molecule has 0 amide bonds. The summed E-state index contributed by atoms with van der Waals surface area (Å²) in [6.07, 6.45) is 0.311. The summed E-state index contributed by atoms with van der Waals surface area (Å²) >= 11 is 2.16. The zero-order chi connectivity index (χ0) is 10.6. The Labute approximate surface area is 94.7 Å². The van der Waals surface area contributed by atoms with Crippen molar-refractivity contribution in [3.63, 3.8) is 0 Å². The molecule has 1 fully saturated rings. The summed E-state index contributed by atoms with van der Waals surface area (Å²) in [5.41, 5.74) is 0. The van der Waals surface area contributed by atoms with Crippen molar-refractivity contribution in [2.45, 2.75) is 24.8 Å². The molecule has 0 aromatic heterocycles. The van der Waals surface area contributed by atoms with Crippen LogP contribution in [0.25, 0.3) is 0 Å². The van der Waals surface area contributed by atoms with E-state index in [1.807, 2.05) is 0 Å². The van der Waals surface area contributed by atoms with Crippen LogP contribution in [0.15, 0.2) is 0 Å². The molecule has 0 aliphatic carbocycles. The Bertz CT molecular complexity index is 214. The first-order valence-corrected chi connectivity index (χ1v) is 5.91. The first-order valence-electron chi connectivity index (χ1n) is 4.39. The third kappa shape index (κ3) is 3.64. The molecule has 0 bridgehead atoms. The van der Waals surface area contributed by atoms with Crippen LogP contribution in [-0.2, 0) is 9.53 Å². The molecular formula is C8H12F2INO2. The smallest absolute Gasteiger partial charge is 0.323 e. The van der Waals surface area contributed by atoms with Crippen molar-refractivity contribution in [1.29, 1.82) is 0 Å². The summed E-state index contributed by atoms with van der Waals surface area (Å²) in [5.74, 6) is -3.33. The van der Waals surface area contributed by atoms with Gasteiger partial charge in [0.05, 0.1) is 13.2 Å². The Morgan fingerprint density at radius 3 is 2.86 bits per heavy atom.